The maximum Gasteiger partial charge on any atom is 0.261 e. The van der Waals surface area contributed by atoms with Crippen molar-refractivity contribution in [2.75, 3.05) is 19.5 Å². The fraction of sp³-hybridized carbons (Fsp3) is 0.111. The summed E-state index contributed by atoms with van der Waals surface area (Å²) in [5, 5.41) is 11.4. The summed E-state index contributed by atoms with van der Waals surface area (Å²) in [6, 6.07) is 13.9. The zero-order valence-corrected chi connectivity index (χ0v) is 13.3. The van der Waals surface area contributed by atoms with E-state index in [-0.39, 0.29) is 11.1 Å². The number of benzene rings is 2. The summed E-state index contributed by atoms with van der Waals surface area (Å²) < 4.78 is 15.8. The molecule has 0 saturated carbocycles. The highest BCUT2D eigenvalue weighted by Gasteiger charge is 2.13. The lowest BCUT2D eigenvalue weighted by Crippen LogP contribution is -2.20. The van der Waals surface area contributed by atoms with Gasteiger partial charge in [0.2, 0.25) is 5.55 Å². The lowest BCUT2D eigenvalue weighted by molar-refractivity contribution is 0.102. The van der Waals surface area contributed by atoms with Gasteiger partial charge in [0.15, 0.2) is 11.5 Å². The van der Waals surface area contributed by atoms with Crippen molar-refractivity contribution in [2.24, 2.45) is 0 Å². The molecule has 122 valence electrons. The molecule has 0 saturated heterocycles. The molecule has 0 atom stereocenters. The molecule has 0 radical (unpaired) electrons. The summed E-state index contributed by atoms with van der Waals surface area (Å²) in [5.41, 5.74) is 1.06. The summed E-state index contributed by atoms with van der Waals surface area (Å²) in [7, 11) is 3.06. The second kappa shape index (κ2) is 6.45. The Morgan fingerprint density at radius 1 is 1.04 bits per heavy atom. The van der Waals surface area contributed by atoms with E-state index >= 15 is 0 Å². The van der Waals surface area contributed by atoms with Crippen LogP contribution in [0.2, 0.25) is 0 Å². The minimum Gasteiger partial charge on any atom is -0.493 e. The first kappa shape index (κ1) is 15.6. The fourth-order valence-electron chi connectivity index (χ4n) is 2.36. The Labute approximate surface area is 138 Å². The van der Waals surface area contributed by atoms with Crippen molar-refractivity contribution in [3.63, 3.8) is 0 Å². The molecule has 2 N–H and O–H groups in total. The van der Waals surface area contributed by atoms with E-state index in [0.29, 0.717) is 22.8 Å². The van der Waals surface area contributed by atoms with Gasteiger partial charge < -0.3 is 19.2 Å². The molecule has 0 aliphatic rings. The van der Waals surface area contributed by atoms with E-state index in [2.05, 4.69) is 5.32 Å². The zero-order chi connectivity index (χ0) is 17.1. The molecule has 0 spiro atoms. The Morgan fingerprint density at radius 3 is 2.54 bits per heavy atom. The van der Waals surface area contributed by atoms with Crippen LogP contribution in [0.3, 0.4) is 0 Å². The number of methoxy groups -OCH3 is 2. The standard InChI is InChI=1S/C18H16N2O4/c1-22-15-8-7-12(10-16(15)23-2)20-18(21)13-9-11-5-3-4-6-14(11)24-17(13)19/h3-10,19H,1-2H3,(H,20,21). The zero-order valence-electron chi connectivity index (χ0n) is 13.3. The highest BCUT2D eigenvalue weighted by atomic mass is 16.5. The average Bonchev–Trinajstić information content (AvgIpc) is 2.60. The normalized spacial score (nSPS) is 10.4. The molecule has 6 heteroatoms. The third kappa shape index (κ3) is 2.94. The van der Waals surface area contributed by atoms with Crippen LogP contribution in [0.15, 0.2) is 52.9 Å². The van der Waals surface area contributed by atoms with Gasteiger partial charge in [0.05, 0.1) is 14.2 Å². The maximum atomic E-state index is 12.5. The monoisotopic (exact) mass is 324 g/mol. The molecule has 0 aliphatic carbocycles. The van der Waals surface area contributed by atoms with Crippen molar-refractivity contribution in [1.29, 1.82) is 5.41 Å². The van der Waals surface area contributed by atoms with Crippen molar-refractivity contribution >= 4 is 22.6 Å². The van der Waals surface area contributed by atoms with Gasteiger partial charge in [0.1, 0.15) is 11.1 Å². The number of carbonyl (C=O) groups excluding carboxylic acids is 1. The number of para-hydroxylation sites is 1. The van der Waals surface area contributed by atoms with Gasteiger partial charge in [-0.1, -0.05) is 18.2 Å². The summed E-state index contributed by atoms with van der Waals surface area (Å²) >= 11 is 0. The van der Waals surface area contributed by atoms with Gasteiger partial charge in [-0.25, -0.2) is 0 Å². The number of fused-ring (bicyclic) bond motifs is 1. The maximum absolute atomic E-state index is 12.5. The number of rotatable bonds is 4. The molecule has 1 aromatic heterocycles. The summed E-state index contributed by atoms with van der Waals surface area (Å²) in [6.45, 7) is 0. The predicted molar refractivity (Wildman–Crippen MR) is 89.6 cm³/mol. The van der Waals surface area contributed by atoms with Crippen molar-refractivity contribution in [1.82, 2.24) is 0 Å². The first-order chi connectivity index (χ1) is 11.6. The van der Waals surface area contributed by atoms with E-state index in [1.165, 1.54) is 7.11 Å². The largest absolute Gasteiger partial charge is 0.493 e. The Bertz CT molecular complexity index is 963. The Kier molecular flexibility index (Phi) is 4.20. The second-order valence-corrected chi connectivity index (χ2v) is 5.05. The lowest BCUT2D eigenvalue weighted by Gasteiger charge is -2.10. The molecular weight excluding hydrogens is 308 g/mol. The number of nitrogens with one attached hydrogen (secondary N) is 2. The van der Waals surface area contributed by atoms with Gasteiger partial charge in [-0.15, -0.1) is 0 Å². The number of amides is 1. The Hall–Kier alpha value is -3.28. The molecule has 0 aliphatic heterocycles. The van der Waals surface area contributed by atoms with Gasteiger partial charge in [-0.2, -0.15) is 0 Å². The van der Waals surface area contributed by atoms with E-state index < -0.39 is 5.91 Å². The number of ether oxygens (including phenoxy) is 2. The van der Waals surface area contributed by atoms with Crippen LogP contribution in [0.5, 0.6) is 11.5 Å². The van der Waals surface area contributed by atoms with Crippen LogP contribution in [0.4, 0.5) is 5.69 Å². The first-order valence-corrected chi connectivity index (χ1v) is 7.23. The smallest absolute Gasteiger partial charge is 0.261 e. The molecule has 0 bridgehead atoms. The number of anilines is 1. The van der Waals surface area contributed by atoms with Crippen LogP contribution >= 0.6 is 0 Å². The number of hydrogen-bond donors (Lipinski definition) is 2. The summed E-state index contributed by atoms with van der Waals surface area (Å²) in [6.07, 6.45) is 0. The van der Waals surface area contributed by atoms with E-state index in [1.54, 1.807) is 37.4 Å². The summed E-state index contributed by atoms with van der Waals surface area (Å²) in [5.74, 6) is 0.642. The van der Waals surface area contributed by atoms with Crippen molar-refractivity contribution in [3.05, 3.63) is 59.6 Å². The van der Waals surface area contributed by atoms with E-state index in [1.807, 2.05) is 18.2 Å². The lowest BCUT2D eigenvalue weighted by atomic mass is 10.1. The van der Waals surface area contributed by atoms with Gasteiger partial charge >= 0.3 is 0 Å². The topological polar surface area (TPSA) is 84.5 Å². The predicted octanol–water partition coefficient (Wildman–Crippen LogP) is 3.18. The number of carbonyl (C=O) groups is 1. The second-order valence-electron chi connectivity index (χ2n) is 5.05. The molecule has 6 nitrogen and oxygen atoms in total. The first-order valence-electron chi connectivity index (χ1n) is 7.23. The fourth-order valence-corrected chi connectivity index (χ4v) is 2.36. The molecule has 0 unspecified atom stereocenters. The molecule has 1 amide bonds. The van der Waals surface area contributed by atoms with Crippen LogP contribution in [-0.2, 0) is 0 Å². The molecular formula is C18H16N2O4. The minimum atomic E-state index is -0.429. The van der Waals surface area contributed by atoms with E-state index in [4.69, 9.17) is 19.3 Å². The Morgan fingerprint density at radius 2 is 1.79 bits per heavy atom. The molecule has 2 aromatic carbocycles. The minimum absolute atomic E-state index is 0.156. The van der Waals surface area contributed by atoms with Crippen molar-refractivity contribution < 1.29 is 18.7 Å². The van der Waals surface area contributed by atoms with Crippen LogP contribution in [0.1, 0.15) is 10.4 Å². The number of hydrogen-bond acceptors (Lipinski definition) is 5. The van der Waals surface area contributed by atoms with Crippen LogP contribution in [-0.4, -0.2) is 20.1 Å². The van der Waals surface area contributed by atoms with E-state index in [9.17, 15) is 4.79 Å². The molecule has 0 fully saturated rings. The van der Waals surface area contributed by atoms with Gasteiger partial charge in [-0.05, 0) is 24.3 Å². The third-order valence-corrected chi connectivity index (χ3v) is 3.56. The average molecular weight is 324 g/mol. The van der Waals surface area contributed by atoms with E-state index in [0.717, 1.165) is 5.39 Å². The molecule has 24 heavy (non-hydrogen) atoms. The quantitative estimate of drug-likeness (QED) is 0.772. The highest BCUT2D eigenvalue weighted by molar-refractivity contribution is 6.05. The van der Waals surface area contributed by atoms with Crippen molar-refractivity contribution in [2.45, 2.75) is 0 Å². The van der Waals surface area contributed by atoms with Crippen LogP contribution < -0.4 is 20.3 Å². The third-order valence-electron chi connectivity index (χ3n) is 3.56. The van der Waals surface area contributed by atoms with Crippen LogP contribution in [0, 0.1) is 5.41 Å². The molecule has 3 rings (SSSR count). The summed E-state index contributed by atoms with van der Waals surface area (Å²) in [4.78, 5) is 12.5. The SMILES string of the molecule is COc1ccc(NC(=O)c2cc3ccccc3oc2=N)cc1OC. The highest BCUT2D eigenvalue weighted by Crippen LogP contribution is 2.29. The van der Waals surface area contributed by atoms with Gasteiger partial charge in [0, 0.05) is 17.1 Å². The van der Waals surface area contributed by atoms with Gasteiger partial charge in [-0.3, -0.25) is 10.2 Å². The van der Waals surface area contributed by atoms with Crippen LogP contribution in [0.25, 0.3) is 11.0 Å². The molecule has 3 aromatic rings. The molecule has 1 heterocycles. The van der Waals surface area contributed by atoms with Crippen molar-refractivity contribution in [3.8, 4) is 11.5 Å². The van der Waals surface area contributed by atoms with Gasteiger partial charge in [0.25, 0.3) is 5.91 Å². The Balaban J connectivity index is 1.93.